The lowest BCUT2D eigenvalue weighted by Gasteiger charge is -2.09. The number of ketones is 2. The standard InChI is InChI=1S/C26H22Cl2N6O2S2/c1-3-13-33-23(29-31-25(33)37-15-21(35)17-5-9-19(27)10-6-17)24-30-32-26(34(24)14-4-2)38-16-22(36)18-7-11-20(28)12-8-18/h3-12H,1-2,13-16H2. The number of halogens is 2. The number of carbonyl (C=O) groups is 2. The number of aromatic nitrogens is 6. The van der Waals surface area contributed by atoms with Gasteiger partial charge in [-0.3, -0.25) is 18.7 Å². The van der Waals surface area contributed by atoms with Crippen LogP contribution >= 0.6 is 46.7 Å². The Morgan fingerprint density at radius 3 is 1.39 bits per heavy atom. The maximum Gasteiger partial charge on any atom is 0.203 e. The van der Waals surface area contributed by atoms with Crippen LogP contribution in [0.4, 0.5) is 0 Å². The number of rotatable bonds is 13. The van der Waals surface area contributed by atoms with Crippen molar-refractivity contribution >= 4 is 58.3 Å². The lowest BCUT2D eigenvalue weighted by Crippen LogP contribution is -2.09. The highest BCUT2D eigenvalue weighted by Crippen LogP contribution is 2.27. The zero-order valence-corrected chi connectivity index (χ0v) is 23.2. The van der Waals surface area contributed by atoms with Crippen LogP contribution in [-0.2, 0) is 13.1 Å². The second-order valence-corrected chi connectivity index (χ2v) is 10.6. The van der Waals surface area contributed by atoms with Crippen LogP contribution in [0.5, 0.6) is 0 Å². The molecule has 0 aliphatic heterocycles. The number of hydrogen-bond acceptors (Lipinski definition) is 8. The molecule has 0 bridgehead atoms. The van der Waals surface area contributed by atoms with Crippen LogP contribution in [0.2, 0.25) is 10.0 Å². The maximum absolute atomic E-state index is 12.6. The summed E-state index contributed by atoms with van der Waals surface area (Å²) in [6.07, 6.45) is 3.43. The van der Waals surface area contributed by atoms with Crippen molar-refractivity contribution in [1.29, 1.82) is 0 Å². The van der Waals surface area contributed by atoms with Gasteiger partial charge in [-0.1, -0.05) is 58.9 Å². The molecular formula is C26H22Cl2N6O2S2. The molecule has 0 radical (unpaired) electrons. The summed E-state index contributed by atoms with van der Waals surface area (Å²) >= 11 is 14.4. The van der Waals surface area contributed by atoms with Crippen LogP contribution in [0.25, 0.3) is 11.6 Å². The third kappa shape index (κ3) is 6.63. The van der Waals surface area contributed by atoms with Gasteiger partial charge < -0.3 is 0 Å². The van der Waals surface area contributed by atoms with E-state index in [0.717, 1.165) is 0 Å². The number of nitrogens with zero attached hydrogens (tertiary/aromatic N) is 6. The van der Waals surface area contributed by atoms with E-state index in [4.69, 9.17) is 23.2 Å². The molecule has 194 valence electrons. The van der Waals surface area contributed by atoms with E-state index in [0.29, 0.717) is 56.2 Å². The number of thioether (sulfide) groups is 2. The normalized spacial score (nSPS) is 10.9. The van der Waals surface area contributed by atoms with Crippen LogP contribution in [0.1, 0.15) is 20.7 Å². The van der Waals surface area contributed by atoms with E-state index in [-0.39, 0.29) is 23.1 Å². The van der Waals surface area contributed by atoms with Crippen LogP contribution in [0.15, 0.2) is 84.2 Å². The first-order valence-corrected chi connectivity index (χ1v) is 14.1. The summed E-state index contributed by atoms with van der Waals surface area (Å²) in [7, 11) is 0. The Morgan fingerprint density at radius 1 is 0.684 bits per heavy atom. The number of benzene rings is 2. The summed E-state index contributed by atoms with van der Waals surface area (Å²) in [6.45, 7) is 8.47. The van der Waals surface area contributed by atoms with Crippen LogP contribution in [-0.4, -0.2) is 52.6 Å². The third-order valence-electron chi connectivity index (χ3n) is 5.25. The molecule has 0 atom stereocenters. The van der Waals surface area contributed by atoms with E-state index in [2.05, 4.69) is 33.6 Å². The minimum absolute atomic E-state index is 0.0553. The Morgan fingerprint density at radius 2 is 1.05 bits per heavy atom. The molecule has 0 spiro atoms. The van der Waals surface area contributed by atoms with E-state index in [1.165, 1.54) is 23.5 Å². The molecule has 4 aromatic rings. The molecule has 4 rings (SSSR count). The predicted molar refractivity (Wildman–Crippen MR) is 152 cm³/mol. The largest absolute Gasteiger partial charge is 0.295 e. The summed E-state index contributed by atoms with van der Waals surface area (Å²) in [5.41, 5.74) is 1.13. The lowest BCUT2D eigenvalue weighted by molar-refractivity contribution is 0.101. The molecule has 0 N–H and O–H groups in total. The van der Waals surface area contributed by atoms with Crippen molar-refractivity contribution in [2.24, 2.45) is 0 Å². The Balaban J connectivity index is 1.54. The van der Waals surface area contributed by atoms with Gasteiger partial charge in [0.15, 0.2) is 21.9 Å². The number of allylic oxidation sites excluding steroid dienone is 2. The van der Waals surface area contributed by atoms with Crippen LogP contribution in [0, 0.1) is 0 Å². The van der Waals surface area contributed by atoms with Gasteiger partial charge in [-0.15, -0.1) is 33.6 Å². The molecule has 0 amide bonds. The number of hydrogen-bond donors (Lipinski definition) is 0. The molecule has 0 aliphatic carbocycles. The van der Waals surface area contributed by atoms with Crippen molar-refractivity contribution in [3.63, 3.8) is 0 Å². The molecule has 2 aromatic heterocycles. The monoisotopic (exact) mass is 584 g/mol. The zero-order valence-electron chi connectivity index (χ0n) is 20.1. The predicted octanol–water partition coefficient (Wildman–Crippen LogP) is 6.17. The van der Waals surface area contributed by atoms with Crippen molar-refractivity contribution in [2.45, 2.75) is 23.4 Å². The fourth-order valence-electron chi connectivity index (χ4n) is 3.41. The van der Waals surface area contributed by atoms with Gasteiger partial charge in [0.05, 0.1) is 11.5 Å². The smallest absolute Gasteiger partial charge is 0.203 e. The van der Waals surface area contributed by atoms with Crippen molar-refractivity contribution in [2.75, 3.05) is 11.5 Å². The van der Waals surface area contributed by atoms with Gasteiger partial charge in [-0.05, 0) is 48.5 Å². The fourth-order valence-corrected chi connectivity index (χ4v) is 5.34. The SMILES string of the molecule is C=CCn1c(SCC(=O)c2ccc(Cl)cc2)nnc1-c1nnc(SCC(=O)c2ccc(Cl)cc2)n1CC=C. The van der Waals surface area contributed by atoms with Gasteiger partial charge in [-0.25, -0.2) is 0 Å². The molecule has 8 nitrogen and oxygen atoms in total. The van der Waals surface area contributed by atoms with Crippen molar-refractivity contribution in [3.8, 4) is 11.6 Å². The molecule has 12 heteroatoms. The summed E-state index contributed by atoms with van der Waals surface area (Å²) in [4.78, 5) is 25.3. The van der Waals surface area contributed by atoms with Gasteiger partial charge >= 0.3 is 0 Å². The van der Waals surface area contributed by atoms with Gasteiger partial charge in [0, 0.05) is 34.3 Å². The Labute approximate surface area is 238 Å². The Kier molecular flexibility index (Phi) is 9.57. The molecule has 2 heterocycles. The minimum Gasteiger partial charge on any atom is -0.295 e. The molecule has 38 heavy (non-hydrogen) atoms. The summed E-state index contributed by atoms with van der Waals surface area (Å²) in [5, 5.41) is 19.5. The van der Waals surface area contributed by atoms with Gasteiger partial charge in [0.2, 0.25) is 11.6 Å². The van der Waals surface area contributed by atoms with E-state index < -0.39 is 0 Å². The summed E-state index contributed by atoms with van der Waals surface area (Å²) < 4.78 is 3.65. The minimum atomic E-state index is -0.0553. The molecule has 0 saturated heterocycles. The molecule has 0 fully saturated rings. The highest BCUT2D eigenvalue weighted by atomic mass is 35.5. The average Bonchev–Trinajstić information content (AvgIpc) is 3.50. The first kappa shape index (κ1) is 27.8. The molecule has 0 saturated carbocycles. The average molecular weight is 586 g/mol. The van der Waals surface area contributed by atoms with Crippen molar-refractivity contribution in [3.05, 3.63) is 95.0 Å². The van der Waals surface area contributed by atoms with Crippen molar-refractivity contribution < 1.29 is 9.59 Å². The van der Waals surface area contributed by atoms with Crippen LogP contribution in [0.3, 0.4) is 0 Å². The highest BCUT2D eigenvalue weighted by molar-refractivity contribution is 8.00. The second kappa shape index (κ2) is 13.1. The second-order valence-electron chi connectivity index (χ2n) is 7.85. The Hall–Kier alpha value is -3.18. The van der Waals surface area contributed by atoms with E-state index >= 15 is 0 Å². The maximum atomic E-state index is 12.6. The zero-order chi connectivity index (χ0) is 27.1. The lowest BCUT2D eigenvalue weighted by atomic mass is 10.1. The van der Waals surface area contributed by atoms with E-state index in [1.54, 1.807) is 60.7 Å². The van der Waals surface area contributed by atoms with Gasteiger partial charge in [0.1, 0.15) is 0 Å². The molecule has 0 aliphatic rings. The fraction of sp³-hybridized carbons (Fsp3) is 0.154. The molecular weight excluding hydrogens is 563 g/mol. The first-order valence-electron chi connectivity index (χ1n) is 11.3. The highest BCUT2D eigenvalue weighted by Gasteiger charge is 2.22. The number of Topliss-reactive ketones (excluding diaryl/α,β-unsaturated/α-hetero) is 2. The van der Waals surface area contributed by atoms with Crippen LogP contribution < -0.4 is 0 Å². The number of carbonyl (C=O) groups excluding carboxylic acids is 2. The molecule has 2 aromatic carbocycles. The van der Waals surface area contributed by atoms with E-state index in [1.807, 2.05) is 9.13 Å². The summed E-state index contributed by atoms with van der Waals surface area (Å²) in [6, 6.07) is 13.5. The summed E-state index contributed by atoms with van der Waals surface area (Å²) in [5.74, 6) is 1.17. The Bertz CT molecular complexity index is 1350. The van der Waals surface area contributed by atoms with Gasteiger partial charge in [-0.2, -0.15) is 0 Å². The van der Waals surface area contributed by atoms with Gasteiger partial charge in [0.25, 0.3) is 0 Å². The topological polar surface area (TPSA) is 95.6 Å². The van der Waals surface area contributed by atoms with Crippen molar-refractivity contribution in [1.82, 2.24) is 29.5 Å². The third-order valence-corrected chi connectivity index (χ3v) is 7.69. The quantitative estimate of drug-likeness (QED) is 0.105. The molecule has 0 unspecified atom stereocenters. The van der Waals surface area contributed by atoms with E-state index in [9.17, 15) is 9.59 Å². The first-order chi connectivity index (χ1) is 18.4.